The van der Waals surface area contributed by atoms with Gasteiger partial charge in [-0.05, 0) is 50.7 Å². The molecule has 2 nitrogen and oxygen atoms in total. The summed E-state index contributed by atoms with van der Waals surface area (Å²) in [5.41, 5.74) is 0.305. The van der Waals surface area contributed by atoms with Gasteiger partial charge in [0.15, 0.2) is 0 Å². The van der Waals surface area contributed by atoms with Crippen LogP contribution in [0.4, 0.5) is 13.2 Å². The van der Waals surface area contributed by atoms with Crippen LogP contribution in [0.25, 0.3) is 0 Å². The van der Waals surface area contributed by atoms with Crippen LogP contribution in [0.1, 0.15) is 39.0 Å². The predicted molar refractivity (Wildman–Crippen MR) is 70.0 cm³/mol. The number of hydrogen-bond acceptors (Lipinski definition) is 2. The first kappa shape index (κ1) is 15.1. The Kier molecular flexibility index (Phi) is 4.77. The second-order valence-electron chi connectivity index (χ2n) is 6.27. The van der Waals surface area contributed by atoms with Gasteiger partial charge in [-0.3, -0.25) is 0 Å². The van der Waals surface area contributed by atoms with E-state index in [0.29, 0.717) is 18.5 Å². The molecule has 1 N–H and O–H groups in total. The van der Waals surface area contributed by atoms with Crippen molar-refractivity contribution < 1.29 is 13.2 Å². The second kappa shape index (κ2) is 6.00. The van der Waals surface area contributed by atoms with E-state index in [1.165, 1.54) is 12.8 Å². The summed E-state index contributed by atoms with van der Waals surface area (Å²) in [6, 6.07) is 0. The lowest BCUT2D eigenvalue weighted by molar-refractivity contribution is -0.185. The first-order chi connectivity index (χ1) is 8.95. The molecule has 112 valence electrons. The summed E-state index contributed by atoms with van der Waals surface area (Å²) in [5, 5.41) is 3.41. The summed E-state index contributed by atoms with van der Waals surface area (Å²) in [7, 11) is 0. The molecule has 0 aromatic rings. The Bertz CT molecular complexity index is 277. The van der Waals surface area contributed by atoms with Crippen LogP contribution in [0.2, 0.25) is 0 Å². The molecule has 0 aliphatic carbocycles. The predicted octanol–water partition coefficient (Wildman–Crippen LogP) is 3.04. The molecule has 19 heavy (non-hydrogen) atoms. The molecule has 0 aromatic heterocycles. The zero-order valence-corrected chi connectivity index (χ0v) is 11.7. The SMILES string of the molecule is CCCC1(CN2CCC(C(F)(F)F)CC2)CCNC1. The molecular formula is C14H25F3N2. The van der Waals surface area contributed by atoms with Gasteiger partial charge in [0, 0.05) is 13.1 Å². The average Bonchev–Trinajstić information content (AvgIpc) is 2.77. The molecule has 2 saturated heterocycles. The monoisotopic (exact) mass is 278 g/mol. The van der Waals surface area contributed by atoms with Crippen molar-refractivity contribution in [2.75, 3.05) is 32.7 Å². The first-order valence-electron chi connectivity index (χ1n) is 7.45. The van der Waals surface area contributed by atoms with E-state index in [2.05, 4.69) is 17.1 Å². The maximum absolute atomic E-state index is 12.6. The molecule has 1 atom stereocenters. The number of hydrogen-bond donors (Lipinski definition) is 1. The molecule has 0 saturated carbocycles. The van der Waals surface area contributed by atoms with Gasteiger partial charge in [-0.25, -0.2) is 0 Å². The van der Waals surface area contributed by atoms with Crippen LogP contribution in [0, 0.1) is 11.3 Å². The lowest BCUT2D eigenvalue weighted by Crippen LogP contribution is -2.45. The third-order valence-electron chi connectivity index (χ3n) is 4.72. The van der Waals surface area contributed by atoms with E-state index < -0.39 is 12.1 Å². The fourth-order valence-electron chi connectivity index (χ4n) is 3.65. The molecule has 0 aromatic carbocycles. The van der Waals surface area contributed by atoms with Gasteiger partial charge in [0.05, 0.1) is 5.92 Å². The Morgan fingerprint density at radius 2 is 1.95 bits per heavy atom. The van der Waals surface area contributed by atoms with Crippen molar-refractivity contribution in [2.45, 2.75) is 45.2 Å². The van der Waals surface area contributed by atoms with E-state index in [9.17, 15) is 13.2 Å². The minimum absolute atomic E-state index is 0.277. The number of rotatable bonds is 4. The molecule has 1 unspecified atom stereocenters. The zero-order valence-electron chi connectivity index (χ0n) is 11.7. The van der Waals surface area contributed by atoms with Gasteiger partial charge in [0.1, 0.15) is 0 Å². The maximum atomic E-state index is 12.6. The summed E-state index contributed by atoms with van der Waals surface area (Å²) < 4.78 is 37.9. The van der Waals surface area contributed by atoms with Gasteiger partial charge >= 0.3 is 6.18 Å². The number of piperidine rings is 1. The van der Waals surface area contributed by atoms with Crippen LogP contribution in [-0.2, 0) is 0 Å². The number of likely N-dealkylation sites (tertiary alicyclic amines) is 1. The third-order valence-corrected chi connectivity index (χ3v) is 4.72. The highest BCUT2D eigenvalue weighted by Gasteiger charge is 2.42. The molecule has 2 fully saturated rings. The van der Waals surface area contributed by atoms with Crippen LogP contribution in [0.3, 0.4) is 0 Å². The summed E-state index contributed by atoms with van der Waals surface area (Å²) in [4.78, 5) is 2.25. The normalized spacial score (nSPS) is 30.9. The fourth-order valence-corrected chi connectivity index (χ4v) is 3.65. The standard InChI is InChI=1S/C14H25F3N2/c1-2-5-13(6-7-18-10-13)11-19-8-3-12(4-9-19)14(15,16)17/h12,18H,2-11H2,1H3. The topological polar surface area (TPSA) is 15.3 Å². The van der Waals surface area contributed by atoms with E-state index in [0.717, 1.165) is 26.1 Å². The first-order valence-corrected chi connectivity index (χ1v) is 7.45. The fraction of sp³-hybridized carbons (Fsp3) is 1.00. The molecular weight excluding hydrogens is 253 g/mol. The van der Waals surface area contributed by atoms with Crippen LogP contribution in [0.5, 0.6) is 0 Å². The number of halogens is 3. The Balaban J connectivity index is 1.84. The molecule has 2 rings (SSSR count). The second-order valence-corrected chi connectivity index (χ2v) is 6.27. The lowest BCUT2D eigenvalue weighted by Gasteiger charge is -2.39. The molecule has 0 bridgehead atoms. The number of nitrogens with one attached hydrogen (secondary N) is 1. The Hall–Kier alpha value is -0.290. The van der Waals surface area contributed by atoms with E-state index >= 15 is 0 Å². The van der Waals surface area contributed by atoms with Crippen molar-refractivity contribution in [3.8, 4) is 0 Å². The molecule has 2 aliphatic rings. The summed E-state index contributed by atoms with van der Waals surface area (Å²) in [5.74, 6) is -1.08. The van der Waals surface area contributed by atoms with Gasteiger partial charge in [0.2, 0.25) is 0 Å². The van der Waals surface area contributed by atoms with Crippen molar-refractivity contribution in [3.63, 3.8) is 0 Å². The maximum Gasteiger partial charge on any atom is 0.391 e. The van der Waals surface area contributed by atoms with Gasteiger partial charge < -0.3 is 10.2 Å². The van der Waals surface area contributed by atoms with Crippen LogP contribution >= 0.6 is 0 Å². The highest BCUT2D eigenvalue weighted by Crippen LogP contribution is 2.37. The van der Waals surface area contributed by atoms with Gasteiger partial charge in [-0.1, -0.05) is 13.3 Å². The van der Waals surface area contributed by atoms with Crippen LogP contribution in [0.15, 0.2) is 0 Å². The Labute approximate surface area is 113 Å². The van der Waals surface area contributed by atoms with Crippen molar-refractivity contribution >= 4 is 0 Å². The molecule has 5 heteroatoms. The van der Waals surface area contributed by atoms with E-state index in [-0.39, 0.29) is 12.8 Å². The highest BCUT2D eigenvalue weighted by molar-refractivity contribution is 4.91. The van der Waals surface area contributed by atoms with Crippen molar-refractivity contribution in [1.29, 1.82) is 0 Å². The average molecular weight is 278 g/mol. The highest BCUT2D eigenvalue weighted by atomic mass is 19.4. The minimum atomic E-state index is -4.00. The van der Waals surface area contributed by atoms with E-state index in [1.807, 2.05) is 0 Å². The minimum Gasteiger partial charge on any atom is -0.316 e. The van der Waals surface area contributed by atoms with Gasteiger partial charge in [-0.15, -0.1) is 0 Å². The smallest absolute Gasteiger partial charge is 0.316 e. The van der Waals surface area contributed by atoms with Crippen molar-refractivity contribution in [2.24, 2.45) is 11.3 Å². The lowest BCUT2D eigenvalue weighted by atomic mass is 9.81. The number of nitrogens with zero attached hydrogens (tertiary/aromatic N) is 1. The Morgan fingerprint density at radius 3 is 2.42 bits per heavy atom. The van der Waals surface area contributed by atoms with Gasteiger partial charge in [-0.2, -0.15) is 13.2 Å². The molecule has 2 aliphatic heterocycles. The quantitative estimate of drug-likeness (QED) is 0.850. The molecule has 0 spiro atoms. The zero-order chi connectivity index (χ0) is 13.9. The third kappa shape index (κ3) is 3.85. The molecule has 0 radical (unpaired) electrons. The van der Waals surface area contributed by atoms with Crippen LogP contribution < -0.4 is 5.32 Å². The molecule has 0 amide bonds. The summed E-state index contributed by atoms with van der Waals surface area (Å²) in [6.07, 6.45) is 0.0559. The van der Waals surface area contributed by atoms with Crippen molar-refractivity contribution in [3.05, 3.63) is 0 Å². The van der Waals surface area contributed by atoms with Crippen LogP contribution in [-0.4, -0.2) is 43.8 Å². The van der Waals surface area contributed by atoms with Crippen molar-refractivity contribution in [1.82, 2.24) is 10.2 Å². The summed E-state index contributed by atoms with van der Waals surface area (Å²) >= 11 is 0. The Morgan fingerprint density at radius 1 is 1.26 bits per heavy atom. The van der Waals surface area contributed by atoms with E-state index in [4.69, 9.17) is 0 Å². The number of alkyl halides is 3. The molecule has 2 heterocycles. The van der Waals surface area contributed by atoms with Gasteiger partial charge in [0.25, 0.3) is 0 Å². The largest absolute Gasteiger partial charge is 0.391 e. The van der Waals surface area contributed by atoms with E-state index in [1.54, 1.807) is 0 Å². The summed E-state index contributed by atoms with van der Waals surface area (Å²) in [6.45, 7) is 6.46.